The van der Waals surface area contributed by atoms with Gasteiger partial charge in [-0.1, -0.05) is 6.92 Å². The Hall–Kier alpha value is -0.940. The Morgan fingerprint density at radius 2 is 1.87 bits per heavy atom. The molecule has 0 rings (SSSR count). The Morgan fingerprint density at radius 1 is 1.20 bits per heavy atom. The van der Waals surface area contributed by atoms with E-state index >= 15 is 0 Å². The minimum absolute atomic E-state index is 0.140. The third-order valence-corrected chi connectivity index (χ3v) is 1.54. The van der Waals surface area contributed by atoms with Crippen LogP contribution >= 0.6 is 0 Å². The number of nitrogens with one attached hydrogen (secondary N) is 2. The highest BCUT2D eigenvalue weighted by atomic mass is 19.4. The van der Waals surface area contributed by atoms with E-state index in [2.05, 4.69) is 15.6 Å². The SMILES string of the molecule is CCCN=C(NCC)NCCC(F)(F)F. The molecule has 0 saturated heterocycles. The maximum atomic E-state index is 11.8. The van der Waals surface area contributed by atoms with Gasteiger partial charge in [-0.2, -0.15) is 13.2 Å². The lowest BCUT2D eigenvalue weighted by Gasteiger charge is -2.12. The van der Waals surface area contributed by atoms with Crippen LogP contribution in [0, 0.1) is 0 Å². The second-order valence-corrected chi connectivity index (χ2v) is 3.05. The van der Waals surface area contributed by atoms with Gasteiger partial charge >= 0.3 is 6.18 Å². The quantitative estimate of drug-likeness (QED) is 0.554. The summed E-state index contributed by atoms with van der Waals surface area (Å²) in [5.74, 6) is 0.448. The second kappa shape index (κ2) is 7.36. The molecule has 0 aromatic carbocycles. The lowest BCUT2D eigenvalue weighted by atomic mass is 10.4. The van der Waals surface area contributed by atoms with E-state index in [0.29, 0.717) is 19.0 Å². The van der Waals surface area contributed by atoms with E-state index in [0.717, 1.165) is 6.42 Å². The van der Waals surface area contributed by atoms with Gasteiger partial charge in [0.05, 0.1) is 6.42 Å². The van der Waals surface area contributed by atoms with Crippen molar-refractivity contribution in [2.24, 2.45) is 4.99 Å². The van der Waals surface area contributed by atoms with Crippen LogP contribution in [0.5, 0.6) is 0 Å². The number of guanidine groups is 1. The van der Waals surface area contributed by atoms with Crippen LogP contribution < -0.4 is 10.6 Å². The first kappa shape index (κ1) is 14.1. The molecule has 0 saturated carbocycles. The highest BCUT2D eigenvalue weighted by Gasteiger charge is 2.26. The summed E-state index contributed by atoms with van der Waals surface area (Å²) in [5.41, 5.74) is 0. The van der Waals surface area contributed by atoms with Crippen molar-refractivity contribution in [3.8, 4) is 0 Å². The maximum Gasteiger partial charge on any atom is 0.390 e. The summed E-state index contributed by atoms with van der Waals surface area (Å²) < 4.78 is 35.5. The summed E-state index contributed by atoms with van der Waals surface area (Å²) in [6.45, 7) is 4.94. The van der Waals surface area contributed by atoms with Crippen LogP contribution in [0.15, 0.2) is 4.99 Å². The Bertz CT molecular complexity index is 190. The summed E-state index contributed by atoms with van der Waals surface area (Å²) >= 11 is 0. The Kier molecular flexibility index (Phi) is 6.90. The Balaban J connectivity index is 3.85. The molecule has 2 N–H and O–H groups in total. The van der Waals surface area contributed by atoms with Gasteiger partial charge in [-0.15, -0.1) is 0 Å². The predicted molar refractivity (Wildman–Crippen MR) is 54.9 cm³/mol. The molecule has 90 valence electrons. The van der Waals surface area contributed by atoms with Crippen LogP contribution in [-0.2, 0) is 0 Å². The average molecular weight is 225 g/mol. The summed E-state index contributed by atoms with van der Waals surface area (Å²) in [6.07, 6.45) is -4.09. The minimum Gasteiger partial charge on any atom is -0.357 e. The first-order chi connectivity index (χ1) is 6.99. The van der Waals surface area contributed by atoms with E-state index in [1.165, 1.54) is 0 Å². The number of hydrogen-bond donors (Lipinski definition) is 2. The Labute approximate surface area is 88.2 Å². The predicted octanol–water partition coefficient (Wildman–Crippen LogP) is 1.90. The molecule has 0 bridgehead atoms. The maximum absolute atomic E-state index is 11.8. The lowest BCUT2D eigenvalue weighted by Crippen LogP contribution is -2.39. The van der Waals surface area contributed by atoms with E-state index in [9.17, 15) is 13.2 Å². The fraction of sp³-hybridized carbons (Fsp3) is 0.889. The van der Waals surface area contributed by atoms with Crippen molar-refractivity contribution >= 4 is 5.96 Å². The number of nitrogens with zero attached hydrogens (tertiary/aromatic N) is 1. The zero-order valence-corrected chi connectivity index (χ0v) is 9.12. The molecule has 0 aromatic heterocycles. The van der Waals surface area contributed by atoms with Gasteiger partial charge in [-0.3, -0.25) is 4.99 Å². The Morgan fingerprint density at radius 3 is 2.33 bits per heavy atom. The van der Waals surface area contributed by atoms with Gasteiger partial charge in [0.15, 0.2) is 5.96 Å². The van der Waals surface area contributed by atoms with Gasteiger partial charge in [0.2, 0.25) is 0 Å². The molecule has 6 heteroatoms. The van der Waals surface area contributed by atoms with Crippen molar-refractivity contribution in [2.45, 2.75) is 32.9 Å². The molecule has 0 aliphatic heterocycles. The number of alkyl halides is 3. The van der Waals surface area contributed by atoms with E-state index in [4.69, 9.17) is 0 Å². The molecule has 0 atom stereocenters. The van der Waals surface area contributed by atoms with Gasteiger partial charge in [-0.25, -0.2) is 0 Å². The van der Waals surface area contributed by atoms with Gasteiger partial charge < -0.3 is 10.6 Å². The first-order valence-electron chi connectivity index (χ1n) is 5.08. The van der Waals surface area contributed by atoms with Gasteiger partial charge in [0, 0.05) is 19.6 Å². The molecule has 15 heavy (non-hydrogen) atoms. The average Bonchev–Trinajstić information content (AvgIpc) is 2.12. The third kappa shape index (κ3) is 9.37. The molecule has 0 fully saturated rings. The zero-order valence-electron chi connectivity index (χ0n) is 9.12. The molecule has 0 spiro atoms. The van der Waals surface area contributed by atoms with E-state index in [-0.39, 0.29) is 6.54 Å². The highest BCUT2D eigenvalue weighted by Crippen LogP contribution is 2.17. The first-order valence-corrected chi connectivity index (χ1v) is 5.08. The van der Waals surface area contributed by atoms with Crippen molar-refractivity contribution in [1.82, 2.24) is 10.6 Å². The molecule has 0 aliphatic rings. The van der Waals surface area contributed by atoms with Crippen molar-refractivity contribution in [1.29, 1.82) is 0 Å². The smallest absolute Gasteiger partial charge is 0.357 e. The number of rotatable bonds is 5. The van der Waals surface area contributed by atoms with Gasteiger partial charge in [-0.05, 0) is 13.3 Å². The standard InChI is InChI=1S/C9H18F3N3/c1-3-6-14-8(13-4-2)15-7-5-9(10,11)12/h3-7H2,1-2H3,(H2,13,14,15). The topological polar surface area (TPSA) is 36.4 Å². The largest absolute Gasteiger partial charge is 0.390 e. The zero-order chi connectivity index (χ0) is 11.7. The third-order valence-electron chi connectivity index (χ3n) is 1.54. The van der Waals surface area contributed by atoms with Crippen LogP contribution in [0.3, 0.4) is 0 Å². The van der Waals surface area contributed by atoms with Crippen LogP contribution in [0.1, 0.15) is 26.7 Å². The van der Waals surface area contributed by atoms with Crippen LogP contribution in [0.25, 0.3) is 0 Å². The van der Waals surface area contributed by atoms with Crippen LogP contribution in [0.4, 0.5) is 13.2 Å². The molecular formula is C9H18F3N3. The number of halogens is 3. The number of hydrogen-bond acceptors (Lipinski definition) is 1. The molecule has 0 amide bonds. The van der Waals surface area contributed by atoms with Crippen molar-refractivity contribution in [3.63, 3.8) is 0 Å². The summed E-state index contributed by atoms with van der Waals surface area (Å²) in [7, 11) is 0. The fourth-order valence-electron chi connectivity index (χ4n) is 0.888. The van der Waals surface area contributed by atoms with Crippen molar-refractivity contribution in [3.05, 3.63) is 0 Å². The van der Waals surface area contributed by atoms with Crippen LogP contribution in [-0.4, -0.2) is 31.8 Å². The van der Waals surface area contributed by atoms with Gasteiger partial charge in [0.1, 0.15) is 0 Å². The highest BCUT2D eigenvalue weighted by molar-refractivity contribution is 5.79. The molecule has 3 nitrogen and oxygen atoms in total. The second-order valence-electron chi connectivity index (χ2n) is 3.05. The summed E-state index contributed by atoms with van der Waals surface area (Å²) in [4.78, 5) is 4.08. The van der Waals surface area contributed by atoms with Crippen LogP contribution in [0.2, 0.25) is 0 Å². The molecule has 0 aliphatic carbocycles. The minimum atomic E-state index is -4.12. The fourth-order valence-corrected chi connectivity index (χ4v) is 0.888. The van der Waals surface area contributed by atoms with Crippen molar-refractivity contribution in [2.75, 3.05) is 19.6 Å². The van der Waals surface area contributed by atoms with E-state index < -0.39 is 12.6 Å². The van der Waals surface area contributed by atoms with Gasteiger partial charge in [0.25, 0.3) is 0 Å². The monoisotopic (exact) mass is 225 g/mol. The lowest BCUT2D eigenvalue weighted by molar-refractivity contribution is -0.132. The van der Waals surface area contributed by atoms with E-state index in [1.54, 1.807) is 0 Å². The summed E-state index contributed by atoms with van der Waals surface area (Å²) in [5, 5.41) is 5.51. The molecule has 0 aromatic rings. The molecular weight excluding hydrogens is 207 g/mol. The van der Waals surface area contributed by atoms with Crippen molar-refractivity contribution < 1.29 is 13.2 Å². The summed E-state index contributed by atoms with van der Waals surface area (Å²) in [6, 6.07) is 0. The number of aliphatic imine (C=N–C) groups is 1. The molecule has 0 heterocycles. The normalized spacial score (nSPS) is 12.7. The molecule has 0 unspecified atom stereocenters. The van der Waals surface area contributed by atoms with E-state index in [1.807, 2.05) is 13.8 Å². The molecule has 0 radical (unpaired) electrons.